The number of oxazole rings is 1. The molecule has 0 aliphatic rings. The van der Waals surface area contributed by atoms with Gasteiger partial charge in [-0.1, -0.05) is 109 Å². The maximum Gasteiger partial charge on any atom is 0.228 e. The first kappa shape index (κ1) is 27.8. The van der Waals surface area contributed by atoms with Gasteiger partial charge in [0.15, 0.2) is 5.58 Å². The van der Waals surface area contributed by atoms with Crippen LogP contribution in [0.25, 0.3) is 75.4 Å². The van der Waals surface area contributed by atoms with Crippen LogP contribution in [-0.4, -0.2) is 4.98 Å². The number of hydrogen-bond acceptors (Lipinski definition) is 4. The predicted octanol–water partition coefficient (Wildman–Crippen LogP) is 13.3. The summed E-state index contributed by atoms with van der Waals surface area (Å²) in [5.41, 5.74) is 8.43. The van der Waals surface area contributed by atoms with Gasteiger partial charge in [0.25, 0.3) is 0 Å². The summed E-state index contributed by atoms with van der Waals surface area (Å²) in [6, 6.07) is 60.4. The standard InChI is InChI=1S/C45H28N2OS/c1-2-14-34(15-3-1)47(35-16-8-13-32(27-35)33-21-20-29-10-4-5-12-31(29)26-33)36-23-24-38-42(28-36)49-41-19-9-18-39(43(38)41)45-46-44-37-17-7-6-11-30(37)22-25-40(44)48-45/h1-28H. The Labute approximate surface area is 286 Å². The highest BCUT2D eigenvalue weighted by Crippen LogP contribution is 2.44. The maximum absolute atomic E-state index is 6.42. The van der Waals surface area contributed by atoms with E-state index in [4.69, 9.17) is 9.40 Å². The highest BCUT2D eigenvalue weighted by molar-refractivity contribution is 7.26. The lowest BCUT2D eigenvalue weighted by atomic mass is 10.0. The van der Waals surface area contributed by atoms with Crippen molar-refractivity contribution in [3.05, 3.63) is 170 Å². The van der Waals surface area contributed by atoms with E-state index in [1.54, 1.807) is 11.3 Å². The summed E-state index contributed by atoms with van der Waals surface area (Å²) in [4.78, 5) is 7.40. The molecule has 0 saturated heterocycles. The highest BCUT2D eigenvalue weighted by atomic mass is 32.1. The van der Waals surface area contributed by atoms with E-state index in [0.29, 0.717) is 5.89 Å². The lowest BCUT2D eigenvalue weighted by molar-refractivity contribution is 0.621. The van der Waals surface area contributed by atoms with E-state index in [9.17, 15) is 0 Å². The minimum Gasteiger partial charge on any atom is -0.436 e. The number of aromatic nitrogens is 1. The Morgan fingerprint density at radius 3 is 2.12 bits per heavy atom. The van der Waals surface area contributed by atoms with Crippen molar-refractivity contribution in [3.63, 3.8) is 0 Å². The molecule has 0 spiro atoms. The van der Waals surface area contributed by atoms with E-state index >= 15 is 0 Å². The third-order valence-electron chi connectivity index (χ3n) is 9.45. The number of nitrogens with zero attached hydrogens (tertiary/aromatic N) is 2. The van der Waals surface area contributed by atoms with Crippen LogP contribution in [0.2, 0.25) is 0 Å². The molecule has 0 amide bonds. The molecule has 3 nitrogen and oxygen atoms in total. The van der Waals surface area contributed by atoms with Gasteiger partial charge in [0, 0.05) is 48.2 Å². The van der Waals surface area contributed by atoms with E-state index < -0.39 is 0 Å². The van der Waals surface area contributed by atoms with Gasteiger partial charge >= 0.3 is 0 Å². The summed E-state index contributed by atoms with van der Waals surface area (Å²) in [5.74, 6) is 0.650. The summed E-state index contributed by atoms with van der Waals surface area (Å²) in [6.07, 6.45) is 0. The van der Waals surface area contributed by atoms with Crippen molar-refractivity contribution in [2.45, 2.75) is 0 Å². The first-order chi connectivity index (χ1) is 24.3. The Morgan fingerprint density at radius 1 is 0.469 bits per heavy atom. The van der Waals surface area contributed by atoms with E-state index in [2.05, 4.69) is 169 Å². The SMILES string of the molecule is c1ccc(N(c2cccc(-c3ccc4ccccc4c3)c2)c2ccc3c(c2)sc2cccc(-c4nc5c(ccc6ccccc65)o4)c23)cc1. The Morgan fingerprint density at radius 2 is 1.20 bits per heavy atom. The zero-order chi connectivity index (χ0) is 32.3. The van der Waals surface area contributed by atoms with Crippen LogP contribution in [0.15, 0.2) is 174 Å². The molecule has 10 rings (SSSR count). The molecule has 2 aromatic heterocycles. The molecule has 0 aliphatic heterocycles. The van der Waals surface area contributed by atoms with Gasteiger partial charge in [-0.3, -0.25) is 0 Å². The second-order valence-electron chi connectivity index (χ2n) is 12.4. The molecule has 0 unspecified atom stereocenters. The predicted molar refractivity (Wildman–Crippen MR) is 207 cm³/mol. The number of anilines is 3. The smallest absolute Gasteiger partial charge is 0.228 e. The van der Waals surface area contributed by atoms with Crippen molar-refractivity contribution in [1.82, 2.24) is 4.98 Å². The van der Waals surface area contributed by atoms with Gasteiger partial charge in [-0.2, -0.15) is 0 Å². The monoisotopic (exact) mass is 644 g/mol. The van der Waals surface area contributed by atoms with Crippen molar-refractivity contribution >= 4 is 81.2 Å². The summed E-state index contributed by atoms with van der Waals surface area (Å²) >= 11 is 1.81. The molecule has 49 heavy (non-hydrogen) atoms. The largest absolute Gasteiger partial charge is 0.436 e. The molecule has 0 N–H and O–H groups in total. The Hall–Kier alpha value is -6.23. The molecule has 0 bridgehead atoms. The summed E-state index contributed by atoms with van der Waals surface area (Å²) in [6.45, 7) is 0. The van der Waals surface area contributed by atoms with Gasteiger partial charge in [-0.05, 0) is 87.9 Å². The van der Waals surface area contributed by atoms with Gasteiger partial charge in [0.05, 0.1) is 0 Å². The average Bonchev–Trinajstić information content (AvgIpc) is 3.77. The Balaban J connectivity index is 1.11. The molecule has 0 aliphatic carbocycles. The second-order valence-corrected chi connectivity index (χ2v) is 13.5. The lowest BCUT2D eigenvalue weighted by Crippen LogP contribution is -2.09. The van der Waals surface area contributed by atoms with Gasteiger partial charge in [-0.25, -0.2) is 4.98 Å². The van der Waals surface area contributed by atoms with Crippen LogP contribution in [0.1, 0.15) is 0 Å². The molecule has 0 saturated carbocycles. The zero-order valence-electron chi connectivity index (χ0n) is 26.4. The molecule has 4 heteroatoms. The van der Waals surface area contributed by atoms with E-state index in [1.807, 2.05) is 6.07 Å². The van der Waals surface area contributed by atoms with Crippen molar-refractivity contribution < 1.29 is 4.42 Å². The zero-order valence-corrected chi connectivity index (χ0v) is 27.2. The van der Waals surface area contributed by atoms with Crippen molar-refractivity contribution in [2.75, 3.05) is 4.90 Å². The van der Waals surface area contributed by atoms with Gasteiger partial charge in [0.2, 0.25) is 5.89 Å². The van der Waals surface area contributed by atoms with Gasteiger partial charge < -0.3 is 9.32 Å². The van der Waals surface area contributed by atoms with Crippen LogP contribution in [0.4, 0.5) is 17.1 Å². The average molecular weight is 645 g/mol. The fourth-order valence-corrected chi connectivity index (χ4v) is 8.29. The van der Waals surface area contributed by atoms with Crippen LogP contribution < -0.4 is 4.90 Å². The van der Waals surface area contributed by atoms with Crippen LogP contribution in [-0.2, 0) is 0 Å². The number of hydrogen-bond donors (Lipinski definition) is 0. The topological polar surface area (TPSA) is 29.3 Å². The normalized spacial score (nSPS) is 11.7. The minimum absolute atomic E-state index is 0.650. The quantitative estimate of drug-likeness (QED) is 0.187. The van der Waals surface area contributed by atoms with Crippen LogP contribution in [0, 0.1) is 0 Å². The highest BCUT2D eigenvalue weighted by Gasteiger charge is 2.19. The summed E-state index contributed by atoms with van der Waals surface area (Å²) in [5, 5.41) is 7.13. The third kappa shape index (κ3) is 4.68. The molecule has 0 fully saturated rings. The number of fused-ring (bicyclic) bond motifs is 7. The summed E-state index contributed by atoms with van der Waals surface area (Å²) in [7, 11) is 0. The third-order valence-corrected chi connectivity index (χ3v) is 10.6. The Bertz CT molecular complexity index is 2850. The fourth-order valence-electron chi connectivity index (χ4n) is 7.13. The molecule has 230 valence electrons. The molecule has 0 radical (unpaired) electrons. The first-order valence-corrected chi connectivity index (χ1v) is 17.3. The maximum atomic E-state index is 6.42. The van der Waals surface area contributed by atoms with Crippen LogP contribution >= 0.6 is 11.3 Å². The number of para-hydroxylation sites is 1. The minimum atomic E-state index is 0.650. The van der Waals surface area contributed by atoms with Crippen LogP contribution in [0.5, 0.6) is 0 Å². The van der Waals surface area contributed by atoms with E-state index in [-0.39, 0.29) is 0 Å². The molecule has 0 atom stereocenters. The van der Waals surface area contributed by atoms with Crippen LogP contribution in [0.3, 0.4) is 0 Å². The molecular formula is C45H28N2OS. The van der Waals surface area contributed by atoms with Gasteiger partial charge in [0.1, 0.15) is 5.52 Å². The fraction of sp³-hybridized carbons (Fsp3) is 0. The van der Waals surface area contributed by atoms with Crippen molar-refractivity contribution in [3.8, 4) is 22.6 Å². The molecule has 2 heterocycles. The van der Waals surface area contributed by atoms with E-state index in [1.165, 1.54) is 42.1 Å². The Kier molecular flexibility index (Phi) is 6.36. The summed E-state index contributed by atoms with van der Waals surface area (Å²) < 4.78 is 8.85. The number of thiophene rings is 1. The van der Waals surface area contributed by atoms with E-state index in [0.717, 1.165) is 44.5 Å². The molecule has 8 aromatic carbocycles. The van der Waals surface area contributed by atoms with Crippen molar-refractivity contribution in [1.29, 1.82) is 0 Å². The van der Waals surface area contributed by atoms with Crippen molar-refractivity contribution in [2.24, 2.45) is 0 Å². The number of rotatable bonds is 5. The second kappa shape index (κ2) is 11.2. The van der Waals surface area contributed by atoms with Gasteiger partial charge in [-0.15, -0.1) is 11.3 Å². The molecule has 10 aromatic rings. The lowest BCUT2D eigenvalue weighted by Gasteiger charge is -2.26. The number of benzene rings is 8. The molecular weight excluding hydrogens is 617 g/mol. The first-order valence-electron chi connectivity index (χ1n) is 16.5.